The summed E-state index contributed by atoms with van der Waals surface area (Å²) >= 11 is 9.26. The van der Waals surface area contributed by atoms with Crippen molar-refractivity contribution in [2.45, 2.75) is 12.8 Å². The Morgan fingerprint density at radius 1 is 1.24 bits per heavy atom. The molecule has 0 atom stereocenters. The van der Waals surface area contributed by atoms with E-state index in [1.165, 1.54) is 0 Å². The lowest BCUT2D eigenvalue weighted by atomic mass is 10.1. The molecule has 0 aliphatic heterocycles. The second kappa shape index (κ2) is 7.48. The lowest BCUT2D eigenvalue weighted by molar-refractivity contribution is 0.102. The molecule has 1 N–H and O–H groups in total. The number of hydrogen-bond acceptors (Lipinski definition) is 2. The molecule has 0 bridgehead atoms. The number of amides is 1. The summed E-state index contributed by atoms with van der Waals surface area (Å²) in [5, 5.41) is 2.85. The molecule has 0 radical (unpaired) electrons. The van der Waals surface area contributed by atoms with Crippen LogP contribution in [0.1, 0.15) is 22.8 Å². The quantitative estimate of drug-likeness (QED) is 0.767. The predicted octanol–water partition coefficient (Wildman–Crippen LogP) is 4.84. The lowest BCUT2D eigenvalue weighted by Gasteiger charge is -2.11. The molecule has 110 valence electrons. The van der Waals surface area contributed by atoms with Crippen molar-refractivity contribution in [2.24, 2.45) is 0 Å². The van der Waals surface area contributed by atoms with Crippen LogP contribution in [0.4, 0.5) is 5.69 Å². The molecule has 2 aromatic rings. The van der Waals surface area contributed by atoms with Crippen molar-refractivity contribution >= 4 is 39.1 Å². The molecular formula is C16H15BrClNO2. The molecular weight excluding hydrogens is 354 g/mol. The normalized spacial score (nSPS) is 10.2. The lowest BCUT2D eigenvalue weighted by Crippen LogP contribution is -2.12. The fourth-order valence-electron chi connectivity index (χ4n) is 1.86. The summed E-state index contributed by atoms with van der Waals surface area (Å²) in [6, 6.07) is 12.6. The highest BCUT2D eigenvalue weighted by molar-refractivity contribution is 9.10. The first-order valence-corrected chi connectivity index (χ1v) is 7.85. The van der Waals surface area contributed by atoms with Crippen LogP contribution < -0.4 is 10.1 Å². The van der Waals surface area contributed by atoms with E-state index in [1.807, 2.05) is 31.2 Å². The third kappa shape index (κ3) is 4.22. The molecule has 3 nitrogen and oxygen atoms in total. The highest BCUT2D eigenvalue weighted by atomic mass is 79.9. The summed E-state index contributed by atoms with van der Waals surface area (Å²) in [7, 11) is 0. The van der Waals surface area contributed by atoms with E-state index in [2.05, 4.69) is 21.2 Å². The van der Waals surface area contributed by atoms with Crippen LogP contribution in [-0.4, -0.2) is 12.5 Å². The SMILES string of the molecule is CCOc1ccc(NC(=O)c2ccc(Br)cc2)cc1CCl. The maximum absolute atomic E-state index is 12.1. The Labute approximate surface area is 137 Å². The fourth-order valence-corrected chi connectivity index (χ4v) is 2.34. The van der Waals surface area contributed by atoms with Crippen molar-refractivity contribution in [2.75, 3.05) is 11.9 Å². The number of benzene rings is 2. The van der Waals surface area contributed by atoms with Gasteiger partial charge < -0.3 is 10.1 Å². The van der Waals surface area contributed by atoms with Crippen molar-refractivity contribution in [3.05, 3.63) is 58.1 Å². The monoisotopic (exact) mass is 367 g/mol. The first kappa shape index (κ1) is 15.9. The van der Waals surface area contributed by atoms with Gasteiger partial charge in [0.15, 0.2) is 0 Å². The van der Waals surface area contributed by atoms with Crippen LogP contribution in [0, 0.1) is 0 Å². The molecule has 1 amide bonds. The molecule has 0 fully saturated rings. The zero-order valence-electron chi connectivity index (χ0n) is 11.5. The van der Waals surface area contributed by atoms with E-state index in [1.54, 1.807) is 18.2 Å². The molecule has 21 heavy (non-hydrogen) atoms. The van der Waals surface area contributed by atoms with Gasteiger partial charge in [0.25, 0.3) is 5.91 Å². The third-order valence-electron chi connectivity index (χ3n) is 2.87. The van der Waals surface area contributed by atoms with E-state index >= 15 is 0 Å². The zero-order valence-corrected chi connectivity index (χ0v) is 13.9. The van der Waals surface area contributed by atoms with Crippen LogP contribution in [0.15, 0.2) is 46.9 Å². The molecule has 0 spiro atoms. The van der Waals surface area contributed by atoms with Gasteiger partial charge in [-0.05, 0) is 49.4 Å². The average Bonchev–Trinajstić information content (AvgIpc) is 2.49. The summed E-state index contributed by atoms with van der Waals surface area (Å²) in [5.74, 6) is 0.915. The molecule has 0 unspecified atom stereocenters. The summed E-state index contributed by atoms with van der Waals surface area (Å²) < 4.78 is 6.42. The van der Waals surface area contributed by atoms with Gasteiger partial charge in [-0.15, -0.1) is 11.6 Å². The topological polar surface area (TPSA) is 38.3 Å². The van der Waals surface area contributed by atoms with Gasteiger partial charge in [-0.1, -0.05) is 15.9 Å². The number of halogens is 2. The van der Waals surface area contributed by atoms with Gasteiger partial charge in [-0.2, -0.15) is 0 Å². The van der Waals surface area contributed by atoms with Crippen molar-refractivity contribution in [1.82, 2.24) is 0 Å². The number of carbonyl (C=O) groups is 1. The average molecular weight is 369 g/mol. The van der Waals surface area contributed by atoms with E-state index in [-0.39, 0.29) is 5.91 Å². The Kier molecular flexibility index (Phi) is 5.65. The summed E-state index contributed by atoms with van der Waals surface area (Å²) in [6.45, 7) is 2.50. The first-order valence-electron chi connectivity index (χ1n) is 6.52. The van der Waals surface area contributed by atoms with Gasteiger partial charge in [-0.3, -0.25) is 4.79 Å². The second-order valence-corrected chi connectivity index (χ2v) is 5.53. The van der Waals surface area contributed by atoms with Gasteiger partial charge in [0.1, 0.15) is 5.75 Å². The van der Waals surface area contributed by atoms with Gasteiger partial charge in [-0.25, -0.2) is 0 Å². The minimum Gasteiger partial charge on any atom is -0.494 e. The molecule has 0 heterocycles. The first-order chi connectivity index (χ1) is 10.1. The van der Waals surface area contributed by atoms with E-state index < -0.39 is 0 Å². The standard InChI is InChI=1S/C16H15BrClNO2/c1-2-21-15-8-7-14(9-12(15)10-18)19-16(20)11-3-5-13(17)6-4-11/h3-9H,2,10H2,1H3,(H,19,20). The highest BCUT2D eigenvalue weighted by Gasteiger charge is 2.08. The van der Waals surface area contributed by atoms with Crippen LogP contribution in [-0.2, 0) is 5.88 Å². The van der Waals surface area contributed by atoms with Gasteiger partial charge in [0.05, 0.1) is 12.5 Å². The Morgan fingerprint density at radius 3 is 2.57 bits per heavy atom. The molecule has 0 saturated carbocycles. The Hall–Kier alpha value is -1.52. The van der Waals surface area contributed by atoms with Crippen LogP contribution in [0.3, 0.4) is 0 Å². The molecule has 0 aromatic heterocycles. The van der Waals surface area contributed by atoms with Crippen LogP contribution in [0.2, 0.25) is 0 Å². The number of hydrogen-bond donors (Lipinski definition) is 1. The maximum Gasteiger partial charge on any atom is 0.255 e. The number of ether oxygens (including phenoxy) is 1. The van der Waals surface area contributed by atoms with E-state index in [0.717, 1.165) is 15.8 Å². The highest BCUT2D eigenvalue weighted by Crippen LogP contribution is 2.25. The largest absolute Gasteiger partial charge is 0.494 e. The number of carbonyl (C=O) groups excluding carboxylic acids is 1. The zero-order chi connectivity index (χ0) is 15.2. The van der Waals surface area contributed by atoms with Gasteiger partial charge >= 0.3 is 0 Å². The van der Waals surface area contributed by atoms with Crippen LogP contribution in [0.5, 0.6) is 5.75 Å². The Morgan fingerprint density at radius 2 is 1.95 bits per heavy atom. The molecule has 0 saturated heterocycles. The smallest absolute Gasteiger partial charge is 0.255 e. The van der Waals surface area contributed by atoms with Crippen molar-refractivity contribution in [1.29, 1.82) is 0 Å². The minimum absolute atomic E-state index is 0.160. The maximum atomic E-state index is 12.1. The molecule has 0 aliphatic carbocycles. The number of alkyl halides is 1. The Bertz CT molecular complexity index is 629. The van der Waals surface area contributed by atoms with Crippen molar-refractivity contribution in [3.63, 3.8) is 0 Å². The van der Waals surface area contributed by atoms with Gasteiger partial charge in [0, 0.05) is 21.3 Å². The summed E-state index contributed by atoms with van der Waals surface area (Å²) in [4.78, 5) is 12.1. The second-order valence-electron chi connectivity index (χ2n) is 4.35. The van der Waals surface area contributed by atoms with Crippen LogP contribution in [0.25, 0.3) is 0 Å². The van der Waals surface area contributed by atoms with Crippen LogP contribution >= 0.6 is 27.5 Å². The molecule has 2 aromatic carbocycles. The minimum atomic E-state index is -0.160. The Balaban J connectivity index is 2.15. The van der Waals surface area contributed by atoms with E-state index in [9.17, 15) is 4.79 Å². The molecule has 2 rings (SSSR count). The van der Waals surface area contributed by atoms with E-state index in [0.29, 0.717) is 23.7 Å². The summed E-state index contributed by atoms with van der Waals surface area (Å²) in [5.41, 5.74) is 2.15. The van der Waals surface area contributed by atoms with Crippen molar-refractivity contribution in [3.8, 4) is 5.75 Å². The fraction of sp³-hybridized carbons (Fsp3) is 0.188. The van der Waals surface area contributed by atoms with Gasteiger partial charge in [0.2, 0.25) is 0 Å². The third-order valence-corrected chi connectivity index (χ3v) is 3.69. The van der Waals surface area contributed by atoms with Crippen molar-refractivity contribution < 1.29 is 9.53 Å². The number of rotatable bonds is 5. The summed E-state index contributed by atoms with van der Waals surface area (Å²) in [6.07, 6.45) is 0. The number of anilines is 1. The molecule has 5 heteroatoms. The predicted molar refractivity (Wildman–Crippen MR) is 89.3 cm³/mol. The number of nitrogens with one attached hydrogen (secondary N) is 1. The van der Waals surface area contributed by atoms with E-state index in [4.69, 9.17) is 16.3 Å². The molecule has 0 aliphatic rings.